The lowest BCUT2D eigenvalue weighted by atomic mass is 10.1. The summed E-state index contributed by atoms with van der Waals surface area (Å²) in [5.41, 5.74) is 1.94. The maximum absolute atomic E-state index is 12.7. The van der Waals surface area contributed by atoms with Crippen molar-refractivity contribution in [2.75, 3.05) is 17.7 Å². The molecule has 74 heavy (non-hydrogen) atoms. The number of rotatable bonds is 16. The van der Waals surface area contributed by atoms with Crippen LogP contribution in [0, 0.1) is 0 Å². The Morgan fingerprint density at radius 1 is 0.446 bits per heavy atom. The Morgan fingerprint density at radius 3 is 1.65 bits per heavy atom. The highest BCUT2D eigenvalue weighted by Gasteiger charge is 2.23. The number of azo groups is 3. The molecule has 0 atom stereocenters. The lowest BCUT2D eigenvalue weighted by Gasteiger charge is -2.12. The molecule has 25 heteroatoms. The Morgan fingerprint density at radius 2 is 1.03 bits per heavy atom. The summed E-state index contributed by atoms with van der Waals surface area (Å²) in [7, 11) is -18.6. The number of hydrogen-bond donors (Lipinski definition) is 6. The van der Waals surface area contributed by atoms with E-state index in [1.807, 2.05) is 30.3 Å². The van der Waals surface area contributed by atoms with Crippen LogP contribution in [0.1, 0.15) is 6.42 Å². The summed E-state index contributed by atoms with van der Waals surface area (Å²) >= 11 is 0. The maximum Gasteiger partial charge on any atom is 0.296 e. The Kier molecular flexibility index (Phi) is 13.8. The van der Waals surface area contributed by atoms with Gasteiger partial charge in [-0.15, -0.1) is 25.6 Å². The minimum absolute atomic E-state index is 0.0466. The maximum atomic E-state index is 12.7. The van der Waals surface area contributed by atoms with Crippen molar-refractivity contribution in [3.63, 3.8) is 0 Å². The first kappa shape index (κ1) is 50.8. The molecule has 21 nitrogen and oxygen atoms in total. The second kappa shape index (κ2) is 20.0. The van der Waals surface area contributed by atoms with Crippen molar-refractivity contribution in [2.45, 2.75) is 21.1 Å². The SMILES string of the molecule is O=S(=O)(O)CCCOc1cc(S(=O)(=O)O)cc2ccc(N=Nc3ccc(N=Nc4ccc(N=Nc5c(S(=O)(=O)O)cc6cc(Nc7ccccc7)ccc6c5O)c5ccccc45)c4cc(S(=O)(=O)O)ccc34)cc12. The summed E-state index contributed by atoms with van der Waals surface area (Å²) in [6.45, 7) is -0.248. The zero-order chi connectivity index (χ0) is 52.6. The molecule has 6 N–H and O–H groups in total. The van der Waals surface area contributed by atoms with E-state index in [1.54, 1.807) is 48.5 Å². The lowest BCUT2D eigenvalue weighted by molar-refractivity contribution is 0.319. The van der Waals surface area contributed by atoms with Gasteiger partial charge < -0.3 is 15.2 Å². The summed E-state index contributed by atoms with van der Waals surface area (Å²) in [4.78, 5) is -1.63. The first-order chi connectivity index (χ1) is 35.1. The van der Waals surface area contributed by atoms with Gasteiger partial charge in [0.2, 0.25) is 0 Å². The van der Waals surface area contributed by atoms with Crippen LogP contribution in [0.3, 0.4) is 0 Å². The summed E-state index contributed by atoms with van der Waals surface area (Å²) in [5.74, 6) is -1.21. The predicted octanol–water partition coefficient (Wildman–Crippen LogP) is 12.4. The molecule has 0 aliphatic rings. The van der Waals surface area contributed by atoms with Gasteiger partial charge >= 0.3 is 0 Å². The third kappa shape index (κ3) is 11.4. The van der Waals surface area contributed by atoms with Crippen LogP contribution in [-0.2, 0) is 40.5 Å². The fourth-order valence-electron chi connectivity index (χ4n) is 7.85. The number of nitrogens with zero attached hydrogens (tertiary/aromatic N) is 6. The molecule has 9 aromatic rings. The predicted molar refractivity (Wildman–Crippen MR) is 276 cm³/mol. The number of ether oxygens (including phenoxy) is 1. The van der Waals surface area contributed by atoms with E-state index >= 15 is 0 Å². The van der Waals surface area contributed by atoms with E-state index in [4.69, 9.17) is 9.29 Å². The molecule has 0 heterocycles. The Hall–Kier alpha value is -8.14. The van der Waals surface area contributed by atoms with Crippen LogP contribution in [0.5, 0.6) is 11.5 Å². The van der Waals surface area contributed by atoms with Crippen molar-refractivity contribution < 1.29 is 61.7 Å². The summed E-state index contributed by atoms with van der Waals surface area (Å²) in [6, 6.07) is 38.6. The van der Waals surface area contributed by atoms with Crippen LogP contribution >= 0.6 is 0 Å². The quantitative estimate of drug-likeness (QED) is 0.0297. The fourth-order valence-corrected chi connectivity index (χ4v) is 10.0. The van der Waals surface area contributed by atoms with Crippen LogP contribution < -0.4 is 10.1 Å². The van der Waals surface area contributed by atoms with Gasteiger partial charge in [-0.1, -0.05) is 54.6 Å². The number of nitrogens with one attached hydrogen (secondary N) is 1. The average Bonchev–Trinajstić information content (AvgIpc) is 3.35. The fraction of sp³-hybridized carbons (Fsp3) is 0.0612. The molecule has 0 saturated carbocycles. The topological polar surface area (TPSA) is 333 Å². The molecule has 0 bridgehead atoms. The second-order valence-corrected chi connectivity index (χ2v) is 22.1. The van der Waals surface area contributed by atoms with Gasteiger partial charge in [0, 0.05) is 49.8 Å². The average molecular weight is 1080 g/mol. The molecule has 376 valence electrons. The van der Waals surface area contributed by atoms with Crippen molar-refractivity contribution >= 4 is 129 Å². The van der Waals surface area contributed by atoms with Gasteiger partial charge in [-0.2, -0.15) is 38.8 Å². The molecule has 9 aromatic carbocycles. The van der Waals surface area contributed by atoms with E-state index in [0.29, 0.717) is 43.7 Å². The van der Waals surface area contributed by atoms with Crippen LogP contribution in [0.4, 0.5) is 45.5 Å². The third-order valence-corrected chi connectivity index (χ3v) is 14.6. The van der Waals surface area contributed by atoms with Crippen molar-refractivity contribution in [3.8, 4) is 11.5 Å². The minimum atomic E-state index is -4.94. The van der Waals surface area contributed by atoms with Crippen molar-refractivity contribution in [3.05, 3.63) is 152 Å². The highest BCUT2D eigenvalue weighted by atomic mass is 32.2. The van der Waals surface area contributed by atoms with Crippen LogP contribution in [-0.4, -0.2) is 69.3 Å². The molecule has 9 rings (SSSR count). The molecular weight excluding hydrogens is 1040 g/mol. The molecule has 0 fully saturated rings. The largest absolute Gasteiger partial charge is 0.505 e. The molecule has 0 amide bonds. The number of aromatic hydroxyl groups is 1. The van der Waals surface area contributed by atoms with Gasteiger partial charge in [-0.05, 0) is 108 Å². The highest BCUT2D eigenvalue weighted by molar-refractivity contribution is 7.86. The molecule has 0 saturated heterocycles. The van der Waals surface area contributed by atoms with E-state index in [-0.39, 0.29) is 52.3 Å². The van der Waals surface area contributed by atoms with Crippen LogP contribution in [0.15, 0.2) is 197 Å². The zero-order valence-electron chi connectivity index (χ0n) is 37.8. The van der Waals surface area contributed by atoms with Gasteiger partial charge in [0.05, 0.1) is 50.6 Å². The third-order valence-electron chi connectivity index (χ3n) is 11.3. The first-order valence-electron chi connectivity index (χ1n) is 21.6. The van der Waals surface area contributed by atoms with Crippen LogP contribution in [0.25, 0.3) is 43.1 Å². The molecule has 0 aliphatic carbocycles. The van der Waals surface area contributed by atoms with E-state index in [1.165, 1.54) is 60.7 Å². The van der Waals surface area contributed by atoms with Gasteiger partial charge in [0.1, 0.15) is 16.3 Å². The van der Waals surface area contributed by atoms with Gasteiger partial charge in [0.15, 0.2) is 5.75 Å². The van der Waals surface area contributed by atoms with Gasteiger partial charge in [-0.3, -0.25) is 18.2 Å². The highest BCUT2D eigenvalue weighted by Crippen LogP contribution is 2.44. The lowest BCUT2D eigenvalue weighted by Crippen LogP contribution is -2.09. The molecule has 0 radical (unpaired) electrons. The molecule has 0 aliphatic heterocycles. The minimum Gasteiger partial charge on any atom is -0.505 e. The normalized spacial score (nSPS) is 12.8. The standard InChI is InChI=1S/C49H37N7O14S4/c57-49-36-15-13-32(50-31-7-2-1-3-8-31)23-30(36)25-47(74(67,68)69)48(49)56-55-43-18-17-42(37-9-4-5-10-38(37)43)53-54-45-20-19-44(39-16-14-34(27-41(39)45)72(61,62)63)52-51-33-12-11-29-24-35(73(64,65)66)28-46(40(29)26-33)70-21-6-22-71(58,59)60/h1-5,7-20,23-28,50,57H,6,21-22H2,(H,58,59,60)(H,61,62,63)(H,64,65,66)(H,67,68,69). The smallest absolute Gasteiger partial charge is 0.296 e. The molecular formula is C49H37N7O14S4. The molecule has 0 unspecified atom stereocenters. The van der Waals surface area contributed by atoms with Crippen molar-refractivity contribution in [2.24, 2.45) is 30.7 Å². The second-order valence-electron chi connectivity index (χ2n) is 16.3. The summed E-state index contributed by atoms with van der Waals surface area (Å²) in [5, 5.41) is 43.2. The van der Waals surface area contributed by atoms with Gasteiger partial charge in [0.25, 0.3) is 40.5 Å². The number of phenols is 1. The number of anilines is 2. The van der Waals surface area contributed by atoms with E-state index in [9.17, 15) is 52.4 Å². The van der Waals surface area contributed by atoms with E-state index < -0.39 is 72.3 Å². The molecule has 0 aromatic heterocycles. The van der Waals surface area contributed by atoms with Gasteiger partial charge in [-0.25, -0.2) is 0 Å². The number of para-hydroxylation sites is 1. The van der Waals surface area contributed by atoms with E-state index in [0.717, 1.165) is 17.8 Å². The number of fused-ring (bicyclic) bond motifs is 4. The Balaban J connectivity index is 1.04. The number of phenolic OH excluding ortho intramolecular Hbond substituents is 1. The summed E-state index contributed by atoms with van der Waals surface area (Å²) < 4.78 is 141. The Bertz CT molecular complexity index is 4310. The monoisotopic (exact) mass is 1080 g/mol. The zero-order valence-corrected chi connectivity index (χ0v) is 41.0. The first-order valence-corrected chi connectivity index (χ1v) is 27.6. The Labute approximate surface area is 421 Å². The number of hydrogen-bond acceptors (Lipinski definition) is 17. The molecule has 0 spiro atoms. The summed E-state index contributed by atoms with van der Waals surface area (Å²) in [6.07, 6.45) is -0.144. The van der Waals surface area contributed by atoms with E-state index in [2.05, 4.69) is 36.0 Å². The van der Waals surface area contributed by atoms with Crippen molar-refractivity contribution in [1.82, 2.24) is 0 Å². The van der Waals surface area contributed by atoms with Crippen LogP contribution in [0.2, 0.25) is 0 Å². The number of benzene rings is 9. The van der Waals surface area contributed by atoms with Crippen molar-refractivity contribution in [1.29, 1.82) is 0 Å².